The molecule has 174 valence electrons. The van der Waals surface area contributed by atoms with Crippen LogP contribution in [0.15, 0.2) is 53.7 Å². The van der Waals surface area contributed by atoms with Crippen LogP contribution in [0, 0.1) is 0 Å². The summed E-state index contributed by atoms with van der Waals surface area (Å²) in [6.45, 7) is 4.93. The maximum atomic E-state index is 12.4. The van der Waals surface area contributed by atoms with Gasteiger partial charge in [0.05, 0.1) is 25.0 Å². The highest BCUT2D eigenvalue weighted by Gasteiger charge is 2.14. The fourth-order valence-electron chi connectivity index (χ4n) is 2.92. The molecule has 1 heterocycles. The van der Waals surface area contributed by atoms with Gasteiger partial charge in [0.15, 0.2) is 11.0 Å². The molecule has 0 fully saturated rings. The van der Waals surface area contributed by atoms with E-state index >= 15 is 0 Å². The summed E-state index contributed by atoms with van der Waals surface area (Å²) in [5.41, 5.74) is 1.03. The van der Waals surface area contributed by atoms with Gasteiger partial charge in [0.1, 0.15) is 18.1 Å². The molecular weight excluding hydrogens is 444 g/mol. The van der Waals surface area contributed by atoms with Gasteiger partial charge < -0.3 is 24.1 Å². The molecule has 0 saturated heterocycles. The fourth-order valence-corrected chi connectivity index (χ4v) is 3.74. The highest BCUT2D eigenvalue weighted by Crippen LogP contribution is 2.22. The second kappa shape index (κ2) is 11.9. The number of esters is 1. The predicted molar refractivity (Wildman–Crippen MR) is 125 cm³/mol. The number of carbonyl (C=O) groups excluding carboxylic acids is 2. The molecule has 0 radical (unpaired) electrons. The van der Waals surface area contributed by atoms with Crippen molar-refractivity contribution in [1.29, 1.82) is 0 Å². The monoisotopic (exact) mass is 470 g/mol. The Kier molecular flexibility index (Phi) is 8.71. The summed E-state index contributed by atoms with van der Waals surface area (Å²) in [6, 6.07) is 13.9. The number of nitrogens with one attached hydrogen (secondary N) is 1. The molecule has 0 saturated carbocycles. The molecule has 1 amide bonds. The maximum Gasteiger partial charge on any atom is 0.338 e. The molecule has 0 unspecified atom stereocenters. The van der Waals surface area contributed by atoms with Gasteiger partial charge >= 0.3 is 5.97 Å². The van der Waals surface area contributed by atoms with Crippen LogP contribution in [0.2, 0.25) is 0 Å². The molecule has 0 aliphatic carbocycles. The number of amides is 1. The molecule has 33 heavy (non-hydrogen) atoms. The number of hydrogen-bond donors (Lipinski definition) is 1. The predicted octanol–water partition coefficient (Wildman–Crippen LogP) is 3.79. The van der Waals surface area contributed by atoms with Crippen LogP contribution in [0.1, 0.15) is 30.0 Å². The molecule has 2 aromatic carbocycles. The Labute approximate surface area is 196 Å². The molecule has 0 spiro atoms. The zero-order valence-electron chi connectivity index (χ0n) is 18.7. The lowest BCUT2D eigenvalue weighted by Gasteiger charge is -2.10. The van der Waals surface area contributed by atoms with Gasteiger partial charge in [0.2, 0.25) is 5.91 Å². The zero-order valence-corrected chi connectivity index (χ0v) is 19.6. The van der Waals surface area contributed by atoms with Crippen molar-refractivity contribution in [1.82, 2.24) is 14.8 Å². The van der Waals surface area contributed by atoms with Crippen LogP contribution in [-0.4, -0.2) is 46.1 Å². The van der Waals surface area contributed by atoms with Crippen molar-refractivity contribution in [3.8, 4) is 11.5 Å². The second-order valence-electron chi connectivity index (χ2n) is 6.75. The normalized spacial score (nSPS) is 10.5. The van der Waals surface area contributed by atoms with E-state index in [1.807, 2.05) is 29.7 Å². The van der Waals surface area contributed by atoms with E-state index in [0.717, 1.165) is 0 Å². The van der Waals surface area contributed by atoms with E-state index in [1.165, 1.54) is 11.8 Å². The number of carbonyl (C=O) groups is 2. The van der Waals surface area contributed by atoms with Gasteiger partial charge in [0, 0.05) is 18.3 Å². The lowest BCUT2D eigenvalue weighted by atomic mass is 10.2. The third-order valence-corrected chi connectivity index (χ3v) is 5.50. The first-order valence-electron chi connectivity index (χ1n) is 10.4. The Morgan fingerprint density at radius 1 is 1.06 bits per heavy atom. The smallest absolute Gasteiger partial charge is 0.338 e. The van der Waals surface area contributed by atoms with Gasteiger partial charge in [-0.25, -0.2) is 4.79 Å². The van der Waals surface area contributed by atoms with Gasteiger partial charge in [-0.15, -0.1) is 10.2 Å². The quantitative estimate of drug-likeness (QED) is 0.333. The van der Waals surface area contributed by atoms with Crippen molar-refractivity contribution >= 4 is 29.3 Å². The molecule has 3 rings (SSSR count). The third-order valence-electron chi connectivity index (χ3n) is 4.53. The average Bonchev–Trinajstić information content (AvgIpc) is 3.24. The van der Waals surface area contributed by atoms with E-state index in [0.29, 0.717) is 46.9 Å². The Bertz CT molecular complexity index is 1080. The summed E-state index contributed by atoms with van der Waals surface area (Å²) in [6.07, 6.45) is 0. The first kappa shape index (κ1) is 24.1. The summed E-state index contributed by atoms with van der Waals surface area (Å²) in [7, 11) is 1.60. The summed E-state index contributed by atoms with van der Waals surface area (Å²) in [5.74, 6) is 1.62. The lowest BCUT2D eigenvalue weighted by Crippen LogP contribution is -2.15. The third kappa shape index (κ3) is 6.72. The minimum absolute atomic E-state index is 0.161. The number of benzene rings is 2. The van der Waals surface area contributed by atoms with E-state index in [4.69, 9.17) is 14.2 Å². The highest BCUT2D eigenvalue weighted by molar-refractivity contribution is 7.99. The Hall–Kier alpha value is -3.53. The molecule has 9 nitrogen and oxygen atoms in total. The van der Waals surface area contributed by atoms with Gasteiger partial charge in [-0.05, 0) is 50.2 Å². The first-order valence-corrected chi connectivity index (χ1v) is 11.4. The maximum absolute atomic E-state index is 12.4. The van der Waals surface area contributed by atoms with Gasteiger partial charge in [0.25, 0.3) is 0 Å². The van der Waals surface area contributed by atoms with Crippen molar-refractivity contribution < 1.29 is 23.8 Å². The van der Waals surface area contributed by atoms with Crippen LogP contribution in [0.3, 0.4) is 0 Å². The van der Waals surface area contributed by atoms with Crippen molar-refractivity contribution in [2.75, 3.05) is 24.8 Å². The zero-order chi connectivity index (χ0) is 23.6. The van der Waals surface area contributed by atoms with Crippen LogP contribution in [0.5, 0.6) is 11.5 Å². The Morgan fingerprint density at radius 3 is 2.52 bits per heavy atom. The number of aromatic nitrogens is 3. The highest BCUT2D eigenvalue weighted by atomic mass is 32.2. The summed E-state index contributed by atoms with van der Waals surface area (Å²) in [5, 5.41) is 11.8. The summed E-state index contributed by atoms with van der Waals surface area (Å²) in [4.78, 5) is 24.1. The lowest BCUT2D eigenvalue weighted by molar-refractivity contribution is -0.113. The van der Waals surface area contributed by atoms with Crippen molar-refractivity contribution in [3.63, 3.8) is 0 Å². The molecule has 3 aromatic rings. The van der Waals surface area contributed by atoms with Crippen LogP contribution in [0.25, 0.3) is 0 Å². The van der Waals surface area contributed by atoms with E-state index in [-0.39, 0.29) is 18.3 Å². The number of methoxy groups -OCH3 is 1. The molecule has 0 aliphatic heterocycles. The average molecular weight is 471 g/mol. The van der Waals surface area contributed by atoms with E-state index < -0.39 is 5.97 Å². The van der Waals surface area contributed by atoms with Crippen molar-refractivity contribution in [2.24, 2.45) is 0 Å². The molecule has 10 heteroatoms. The minimum Gasteiger partial charge on any atom is -0.497 e. The van der Waals surface area contributed by atoms with Crippen LogP contribution in [-0.2, 0) is 22.7 Å². The minimum atomic E-state index is -0.393. The molecular formula is C23H26N4O5S. The molecule has 0 bridgehead atoms. The number of hydrogen-bond acceptors (Lipinski definition) is 8. The molecule has 0 aliphatic rings. The fraction of sp³-hybridized carbons (Fsp3) is 0.304. The van der Waals surface area contributed by atoms with Gasteiger partial charge in [-0.1, -0.05) is 17.8 Å². The van der Waals surface area contributed by atoms with Crippen molar-refractivity contribution in [2.45, 2.75) is 32.2 Å². The number of anilines is 1. The van der Waals surface area contributed by atoms with Crippen molar-refractivity contribution in [3.05, 3.63) is 59.9 Å². The standard InChI is InChI=1S/C23H26N4O5S/c1-4-27-20(14-32-19-8-6-7-18(13-19)30-3)25-26-23(27)33-15-21(28)24-17-11-9-16(10-12-17)22(29)31-5-2/h6-13H,4-5,14-15H2,1-3H3,(H,24,28). The number of rotatable bonds is 11. The Balaban J connectivity index is 1.54. The van der Waals surface area contributed by atoms with Gasteiger partial charge in [-0.3, -0.25) is 4.79 Å². The molecule has 1 N–H and O–H groups in total. The Morgan fingerprint density at radius 2 is 1.82 bits per heavy atom. The number of nitrogens with zero attached hydrogens (tertiary/aromatic N) is 3. The molecule has 1 aromatic heterocycles. The first-order chi connectivity index (χ1) is 16.0. The topological polar surface area (TPSA) is 105 Å². The number of ether oxygens (including phenoxy) is 3. The van der Waals surface area contributed by atoms with E-state index in [2.05, 4.69) is 15.5 Å². The number of thioether (sulfide) groups is 1. The second-order valence-corrected chi connectivity index (χ2v) is 7.69. The van der Waals surface area contributed by atoms with Crippen LogP contribution in [0.4, 0.5) is 5.69 Å². The van der Waals surface area contributed by atoms with Crippen LogP contribution < -0.4 is 14.8 Å². The summed E-state index contributed by atoms with van der Waals surface area (Å²) < 4.78 is 17.9. The largest absolute Gasteiger partial charge is 0.497 e. The van der Waals surface area contributed by atoms with E-state index in [9.17, 15) is 9.59 Å². The molecule has 0 atom stereocenters. The van der Waals surface area contributed by atoms with E-state index in [1.54, 1.807) is 44.4 Å². The van der Waals surface area contributed by atoms with Crippen LogP contribution >= 0.6 is 11.8 Å². The van der Waals surface area contributed by atoms with Gasteiger partial charge in [-0.2, -0.15) is 0 Å². The summed E-state index contributed by atoms with van der Waals surface area (Å²) >= 11 is 1.29. The SMILES string of the molecule is CCOC(=O)c1ccc(NC(=O)CSc2nnc(COc3cccc(OC)c3)n2CC)cc1.